The van der Waals surface area contributed by atoms with Gasteiger partial charge in [-0.05, 0) is 13.0 Å². The Hall–Kier alpha value is -1.52. The molecule has 2 amide bonds. The van der Waals surface area contributed by atoms with Gasteiger partial charge in [-0.15, -0.1) is 0 Å². The van der Waals surface area contributed by atoms with Crippen LogP contribution in [0, 0.1) is 6.92 Å². The van der Waals surface area contributed by atoms with Crippen molar-refractivity contribution in [3.8, 4) is 0 Å². The van der Waals surface area contributed by atoms with Gasteiger partial charge < -0.3 is 10.6 Å². The van der Waals surface area contributed by atoms with E-state index in [1.54, 1.807) is 4.90 Å². The van der Waals surface area contributed by atoms with Gasteiger partial charge in [0.05, 0.1) is 24.5 Å². The third-order valence-corrected chi connectivity index (χ3v) is 2.23. The van der Waals surface area contributed by atoms with Crippen molar-refractivity contribution in [2.75, 3.05) is 6.54 Å². The molecule has 0 spiro atoms. The van der Waals surface area contributed by atoms with E-state index in [1.165, 1.54) is 0 Å². The lowest BCUT2D eigenvalue weighted by Crippen LogP contribution is -2.41. The van der Waals surface area contributed by atoms with E-state index in [2.05, 4.69) is 5.10 Å². The molecule has 0 saturated carbocycles. The van der Waals surface area contributed by atoms with Crippen molar-refractivity contribution >= 4 is 6.03 Å². The Morgan fingerprint density at radius 3 is 3.08 bits per heavy atom. The number of carbonyl (C=O) groups excluding carboxylic acids is 1. The number of hydrogen-bond acceptors (Lipinski definition) is 2. The maximum Gasteiger partial charge on any atom is 0.315 e. The molecule has 0 aliphatic carbocycles. The van der Waals surface area contributed by atoms with Crippen molar-refractivity contribution < 1.29 is 4.79 Å². The van der Waals surface area contributed by atoms with Crippen LogP contribution in [0.4, 0.5) is 4.79 Å². The summed E-state index contributed by atoms with van der Waals surface area (Å²) in [4.78, 5) is 12.5. The van der Waals surface area contributed by atoms with Crippen molar-refractivity contribution in [2.24, 2.45) is 5.73 Å². The Labute approximate surface area is 76.1 Å². The second-order valence-electron chi connectivity index (χ2n) is 3.26. The van der Waals surface area contributed by atoms with Crippen molar-refractivity contribution in [2.45, 2.75) is 20.0 Å². The minimum atomic E-state index is -0.356. The van der Waals surface area contributed by atoms with Gasteiger partial charge >= 0.3 is 6.03 Å². The maximum atomic E-state index is 10.9. The summed E-state index contributed by atoms with van der Waals surface area (Å²) in [5.41, 5.74) is 7.23. The quantitative estimate of drug-likeness (QED) is 0.614. The molecule has 1 aromatic rings. The summed E-state index contributed by atoms with van der Waals surface area (Å²) in [6, 6.07) is 1.62. The Kier molecular flexibility index (Phi) is 1.72. The molecule has 2 heterocycles. The number of nitrogens with zero attached hydrogens (tertiary/aromatic N) is 3. The average Bonchev–Trinajstić information content (AvgIpc) is 2.42. The number of aromatic nitrogens is 2. The molecule has 1 aliphatic rings. The van der Waals surface area contributed by atoms with Gasteiger partial charge in [0.1, 0.15) is 0 Å². The molecule has 70 valence electrons. The van der Waals surface area contributed by atoms with Gasteiger partial charge in [-0.1, -0.05) is 0 Å². The van der Waals surface area contributed by atoms with E-state index < -0.39 is 0 Å². The minimum Gasteiger partial charge on any atom is -0.351 e. The Morgan fingerprint density at radius 2 is 2.38 bits per heavy atom. The first kappa shape index (κ1) is 8.10. The number of fused-ring (bicyclic) bond motifs is 1. The van der Waals surface area contributed by atoms with E-state index in [0.29, 0.717) is 13.1 Å². The molecular weight excluding hydrogens is 168 g/mol. The van der Waals surface area contributed by atoms with Gasteiger partial charge in [0, 0.05) is 6.54 Å². The molecule has 5 nitrogen and oxygen atoms in total. The zero-order chi connectivity index (χ0) is 9.42. The lowest BCUT2D eigenvalue weighted by molar-refractivity contribution is 0.190. The smallest absolute Gasteiger partial charge is 0.315 e. The van der Waals surface area contributed by atoms with Crippen molar-refractivity contribution in [3.05, 3.63) is 17.5 Å². The van der Waals surface area contributed by atoms with E-state index >= 15 is 0 Å². The minimum absolute atomic E-state index is 0.356. The summed E-state index contributed by atoms with van der Waals surface area (Å²) < 4.78 is 1.93. The summed E-state index contributed by atoms with van der Waals surface area (Å²) in [6.07, 6.45) is 0. The third-order valence-electron chi connectivity index (χ3n) is 2.23. The number of amides is 2. The fourth-order valence-corrected chi connectivity index (χ4v) is 1.60. The number of primary amides is 1. The van der Waals surface area contributed by atoms with E-state index in [1.807, 2.05) is 17.7 Å². The van der Waals surface area contributed by atoms with Crippen LogP contribution in [0.25, 0.3) is 0 Å². The Morgan fingerprint density at radius 1 is 1.62 bits per heavy atom. The van der Waals surface area contributed by atoms with Crippen LogP contribution in [0.5, 0.6) is 0 Å². The highest BCUT2D eigenvalue weighted by molar-refractivity contribution is 5.72. The molecule has 0 atom stereocenters. The number of hydrogen-bond donors (Lipinski definition) is 1. The van der Waals surface area contributed by atoms with Gasteiger partial charge in [0.25, 0.3) is 0 Å². The van der Waals surface area contributed by atoms with Crippen molar-refractivity contribution in [1.82, 2.24) is 14.7 Å². The molecule has 13 heavy (non-hydrogen) atoms. The van der Waals surface area contributed by atoms with Gasteiger partial charge in [-0.3, -0.25) is 4.68 Å². The number of rotatable bonds is 0. The molecule has 1 aromatic heterocycles. The standard InChI is InChI=1S/C8H12N4O/c1-6-4-7-5-11(8(9)13)2-3-12(7)10-6/h4H,2-3,5H2,1H3,(H2,9,13). The summed E-state index contributed by atoms with van der Waals surface area (Å²) in [7, 11) is 0. The fourth-order valence-electron chi connectivity index (χ4n) is 1.60. The third kappa shape index (κ3) is 1.37. The van der Waals surface area contributed by atoms with Gasteiger partial charge in [0.15, 0.2) is 0 Å². The molecule has 2 N–H and O–H groups in total. The van der Waals surface area contributed by atoms with E-state index in [-0.39, 0.29) is 6.03 Å². The number of nitrogens with two attached hydrogens (primary N) is 1. The van der Waals surface area contributed by atoms with Crippen molar-refractivity contribution in [3.63, 3.8) is 0 Å². The summed E-state index contributed by atoms with van der Waals surface area (Å²) in [5, 5.41) is 4.28. The molecule has 2 rings (SSSR count). The van der Waals surface area contributed by atoms with E-state index in [4.69, 9.17) is 5.73 Å². The predicted molar refractivity (Wildman–Crippen MR) is 47.0 cm³/mol. The number of urea groups is 1. The number of aryl methyl sites for hydroxylation is 1. The predicted octanol–water partition coefficient (Wildman–Crippen LogP) is 0.0858. The van der Waals surface area contributed by atoms with Crippen LogP contribution < -0.4 is 5.73 Å². The Bertz CT molecular complexity index is 344. The topological polar surface area (TPSA) is 64.2 Å². The molecule has 0 radical (unpaired) electrons. The van der Waals surface area contributed by atoms with Crippen LogP contribution in [0.2, 0.25) is 0 Å². The van der Waals surface area contributed by atoms with Gasteiger partial charge in [-0.25, -0.2) is 4.79 Å². The highest BCUT2D eigenvalue weighted by Gasteiger charge is 2.19. The molecule has 0 aromatic carbocycles. The largest absolute Gasteiger partial charge is 0.351 e. The van der Waals surface area contributed by atoms with Crippen LogP contribution in [-0.4, -0.2) is 27.3 Å². The molecule has 5 heteroatoms. The average molecular weight is 180 g/mol. The van der Waals surface area contributed by atoms with E-state index in [0.717, 1.165) is 17.9 Å². The first-order valence-electron chi connectivity index (χ1n) is 4.24. The van der Waals surface area contributed by atoms with E-state index in [9.17, 15) is 4.79 Å². The zero-order valence-corrected chi connectivity index (χ0v) is 7.53. The molecular formula is C8H12N4O. The monoisotopic (exact) mass is 180 g/mol. The van der Waals surface area contributed by atoms with Crippen LogP contribution in [0.3, 0.4) is 0 Å². The van der Waals surface area contributed by atoms with Gasteiger partial charge in [-0.2, -0.15) is 5.10 Å². The van der Waals surface area contributed by atoms with Crippen LogP contribution in [0.15, 0.2) is 6.07 Å². The lowest BCUT2D eigenvalue weighted by atomic mass is 10.3. The van der Waals surface area contributed by atoms with Crippen LogP contribution in [0.1, 0.15) is 11.4 Å². The second kappa shape index (κ2) is 2.76. The number of carbonyl (C=O) groups is 1. The lowest BCUT2D eigenvalue weighted by Gasteiger charge is -2.25. The van der Waals surface area contributed by atoms with Crippen molar-refractivity contribution in [1.29, 1.82) is 0 Å². The zero-order valence-electron chi connectivity index (χ0n) is 7.53. The first-order chi connectivity index (χ1) is 6.16. The molecule has 0 unspecified atom stereocenters. The Balaban J connectivity index is 2.24. The summed E-state index contributed by atoms with van der Waals surface area (Å²) in [5.74, 6) is 0. The normalized spacial score (nSPS) is 15.6. The summed E-state index contributed by atoms with van der Waals surface area (Å²) >= 11 is 0. The molecule has 0 bridgehead atoms. The maximum absolute atomic E-state index is 10.9. The van der Waals surface area contributed by atoms with Crippen LogP contribution in [-0.2, 0) is 13.1 Å². The highest BCUT2D eigenvalue weighted by Crippen LogP contribution is 2.12. The SMILES string of the molecule is Cc1cc2n(n1)CCN(C(N)=O)C2. The van der Waals surface area contributed by atoms with Gasteiger partial charge in [0.2, 0.25) is 0 Å². The van der Waals surface area contributed by atoms with Crippen LogP contribution >= 0.6 is 0 Å². The fraction of sp³-hybridized carbons (Fsp3) is 0.500. The molecule has 0 fully saturated rings. The second-order valence-corrected chi connectivity index (χ2v) is 3.26. The molecule has 1 aliphatic heterocycles. The first-order valence-corrected chi connectivity index (χ1v) is 4.24. The summed E-state index contributed by atoms with van der Waals surface area (Å²) in [6.45, 7) is 3.92. The molecule has 0 saturated heterocycles. The highest BCUT2D eigenvalue weighted by atomic mass is 16.2.